The Hall–Kier alpha value is -2.55. The standard InChI is InChI=1S/C32H46O3/c1-20(28(34)35-21-17-15-14-16-18-21)19-22-23(29(2,3)4)24(30(5,6)7)25(31(8,9)10)26(27(22)33)32(11,12)13/h14-18,33H,1,19H2,2-13H3. The van der Waals surface area contributed by atoms with Crippen LogP contribution in [-0.4, -0.2) is 11.1 Å². The highest BCUT2D eigenvalue weighted by atomic mass is 16.5. The summed E-state index contributed by atoms with van der Waals surface area (Å²) in [5.41, 5.74) is 4.63. The van der Waals surface area contributed by atoms with Crippen molar-refractivity contribution in [3.05, 3.63) is 70.3 Å². The third-order valence-corrected chi connectivity index (χ3v) is 6.21. The first-order chi connectivity index (χ1) is 15.7. The number of esters is 1. The van der Waals surface area contributed by atoms with E-state index in [-0.39, 0.29) is 33.8 Å². The molecule has 35 heavy (non-hydrogen) atoms. The Morgan fingerprint density at radius 1 is 0.714 bits per heavy atom. The molecule has 0 aliphatic carbocycles. The highest BCUT2D eigenvalue weighted by molar-refractivity contribution is 5.90. The molecular formula is C32H46O3. The van der Waals surface area contributed by atoms with Crippen LogP contribution in [0.3, 0.4) is 0 Å². The van der Waals surface area contributed by atoms with Gasteiger partial charge in [-0.3, -0.25) is 0 Å². The maximum Gasteiger partial charge on any atom is 0.339 e. The summed E-state index contributed by atoms with van der Waals surface area (Å²) in [5.74, 6) is 0.270. The van der Waals surface area contributed by atoms with Gasteiger partial charge in [0.25, 0.3) is 0 Å². The number of benzene rings is 2. The minimum absolute atomic E-state index is 0.181. The van der Waals surface area contributed by atoms with Crippen LogP contribution in [0.25, 0.3) is 0 Å². The van der Waals surface area contributed by atoms with Crippen molar-refractivity contribution >= 4 is 5.97 Å². The largest absolute Gasteiger partial charge is 0.507 e. The molecule has 1 N–H and O–H groups in total. The average molecular weight is 479 g/mol. The van der Waals surface area contributed by atoms with Gasteiger partial charge in [0.2, 0.25) is 0 Å². The van der Waals surface area contributed by atoms with Crippen LogP contribution in [0.1, 0.15) is 111 Å². The van der Waals surface area contributed by atoms with Gasteiger partial charge in [0.15, 0.2) is 0 Å². The van der Waals surface area contributed by atoms with Gasteiger partial charge in [-0.2, -0.15) is 0 Å². The molecule has 0 bridgehead atoms. The molecule has 0 fully saturated rings. The molecule has 0 atom stereocenters. The van der Waals surface area contributed by atoms with Crippen LogP contribution in [0.2, 0.25) is 0 Å². The summed E-state index contributed by atoms with van der Waals surface area (Å²) in [7, 11) is 0. The van der Waals surface area contributed by atoms with E-state index in [9.17, 15) is 9.90 Å². The number of phenolic OH excluding ortho intramolecular Hbond substituents is 1. The van der Waals surface area contributed by atoms with E-state index in [4.69, 9.17) is 4.74 Å². The van der Waals surface area contributed by atoms with Gasteiger partial charge in [0.1, 0.15) is 11.5 Å². The summed E-state index contributed by atoms with van der Waals surface area (Å²) in [6.07, 6.45) is 0.223. The lowest BCUT2D eigenvalue weighted by molar-refractivity contribution is -0.130. The zero-order chi connectivity index (χ0) is 27.1. The van der Waals surface area contributed by atoms with Crippen molar-refractivity contribution in [1.82, 2.24) is 0 Å². The van der Waals surface area contributed by atoms with E-state index in [1.165, 1.54) is 11.1 Å². The van der Waals surface area contributed by atoms with Gasteiger partial charge in [-0.1, -0.05) is 108 Å². The molecule has 192 valence electrons. The summed E-state index contributed by atoms with van der Waals surface area (Å²) in [5, 5.41) is 11.9. The second-order valence-electron chi connectivity index (χ2n) is 13.8. The molecule has 3 nitrogen and oxygen atoms in total. The molecule has 0 spiro atoms. The second-order valence-corrected chi connectivity index (χ2v) is 13.8. The van der Waals surface area contributed by atoms with Crippen molar-refractivity contribution in [1.29, 1.82) is 0 Å². The summed E-state index contributed by atoms with van der Waals surface area (Å²) in [6.45, 7) is 30.4. The zero-order valence-corrected chi connectivity index (χ0v) is 24.1. The monoisotopic (exact) mass is 478 g/mol. The van der Waals surface area contributed by atoms with Gasteiger partial charge in [-0.15, -0.1) is 0 Å². The molecule has 0 heterocycles. The highest BCUT2D eigenvalue weighted by Crippen LogP contribution is 2.51. The van der Waals surface area contributed by atoms with Crippen molar-refractivity contribution in [3.8, 4) is 11.5 Å². The lowest BCUT2D eigenvalue weighted by Crippen LogP contribution is -2.33. The Labute approximate surface area is 213 Å². The van der Waals surface area contributed by atoms with Crippen LogP contribution >= 0.6 is 0 Å². The first-order valence-electron chi connectivity index (χ1n) is 12.6. The van der Waals surface area contributed by atoms with Crippen LogP contribution < -0.4 is 4.74 Å². The zero-order valence-electron chi connectivity index (χ0n) is 24.1. The summed E-state index contributed by atoms with van der Waals surface area (Å²) in [4.78, 5) is 13.0. The molecule has 0 radical (unpaired) electrons. The molecule has 2 aromatic carbocycles. The molecule has 0 aromatic heterocycles. The quantitative estimate of drug-likeness (QED) is 0.273. The molecule has 0 saturated carbocycles. The van der Waals surface area contributed by atoms with Gasteiger partial charge in [0.05, 0.1) is 0 Å². The van der Waals surface area contributed by atoms with Crippen LogP contribution in [0.15, 0.2) is 42.5 Å². The third kappa shape index (κ3) is 6.37. The maximum absolute atomic E-state index is 13.0. The van der Waals surface area contributed by atoms with E-state index in [1.807, 2.05) is 18.2 Å². The molecule has 3 heteroatoms. The Morgan fingerprint density at radius 3 is 1.51 bits per heavy atom. The van der Waals surface area contributed by atoms with Gasteiger partial charge >= 0.3 is 5.97 Å². The van der Waals surface area contributed by atoms with Gasteiger partial charge < -0.3 is 9.84 Å². The number of ether oxygens (including phenoxy) is 1. The summed E-state index contributed by atoms with van der Waals surface area (Å²) in [6, 6.07) is 9.02. The van der Waals surface area contributed by atoms with Gasteiger partial charge in [0, 0.05) is 23.1 Å². The minimum atomic E-state index is -0.482. The van der Waals surface area contributed by atoms with E-state index in [0.29, 0.717) is 11.3 Å². The molecule has 0 unspecified atom stereocenters. The Balaban J connectivity index is 2.89. The maximum atomic E-state index is 13.0. The van der Waals surface area contributed by atoms with Crippen LogP contribution in [0.4, 0.5) is 0 Å². The van der Waals surface area contributed by atoms with Crippen molar-refractivity contribution in [2.75, 3.05) is 0 Å². The molecule has 0 saturated heterocycles. The summed E-state index contributed by atoms with van der Waals surface area (Å²) >= 11 is 0. The van der Waals surface area contributed by atoms with Crippen molar-refractivity contribution in [2.45, 2.75) is 111 Å². The number of carbonyl (C=O) groups is 1. The fraction of sp³-hybridized carbons (Fsp3) is 0.531. The number of phenols is 1. The Bertz CT molecular complexity index is 1090. The average Bonchev–Trinajstić information content (AvgIpc) is 2.65. The first kappa shape index (κ1) is 28.7. The third-order valence-electron chi connectivity index (χ3n) is 6.21. The van der Waals surface area contributed by atoms with Crippen molar-refractivity contribution in [3.63, 3.8) is 0 Å². The van der Waals surface area contributed by atoms with Crippen LogP contribution in [-0.2, 0) is 32.9 Å². The lowest BCUT2D eigenvalue weighted by atomic mass is 9.62. The number of carbonyl (C=O) groups excluding carboxylic acids is 1. The smallest absolute Gasteiger partial charge is 0.339 e. The number of para-hydroxylation sites is 1. The Kier molecular flexibility index (Phi) is 7.77. The van der Waals surface area contributed by atoms with E-state index < -0.39 is 5.97 Å². The summed E-state index contributed by atoms with van der Waals surface area (Å²) < 4.78 is 5.57. The fourth-order valence-corrected chi connectivity index (χ4v) is 4.97. The van der Waals surface area contributed by atoms with Crippen molar-refractivity contribution < 1.29 is 14.6 Å². The van der Waals surface area contributed by atoms with E-state index >= 15 is 0 Å². The van der Waals surface area contributed by atoms with Crippen LogP contribution in [0, 0.1) is 0 Å². The van der Waals surface area contributed by atoms with Crippen molar-refractivity contribution in [2.24, 2.45) is 0 Å². The number of aromatic hydroxyl groups is 1. The topological polar surface area (TPSA) is 46.5 Å². The lowest BCUT2D eigenvalue weighted by Gasteiger charge is -2.42. The predicted octanol–water partition coefficient (Wildman–Crippen LogP) is 8.29. The van der Waals surface area contributed by atoms with E-state index in [0.717, 1.165) is 16.7 Å². The van der Waals surface area contributed by atoms with Gasteiger partial charge in [-0.05, 0) is 50.5 Å². The highest BCUT2D eigenvalue weighted by Gasteiger charge is 2.40. The molecule has 2 aromatic rings. The molecule has 0 amide bonds. The Morgan fingerprint density at radius 2 is 1.11 bits per heavy atom. The molecule has 0 aliphatic heterocycles. The second kappa shape index (κ2) is 9.48. The van der Waals surface area contributed by atoms with Crippen LogP contribution in [0.5, 0.6) is 11.5 Å². The SMILES string of the molecule is C=C(Cc1c(O)c(C(C)(C)C)c(C(C)(C)C)c(C(C)(C)C)c1C(C)(C)C)C(=O)Oc1ccccc1. The number of hydrogen-bond donors (Lipinski definition) is 1. The normalized spacial score (nSPS) is 13.0. The first-order valence-corrected chi connectivity index (χ1v) is 12.6. The predicted molar refractivity (Wildman–Crippen MR) is 148 cm³/mol. The minimum Gasteiger partial charge on any atom is -0.507 e. The molecule has 0 aliphatic rings. The molecule has 2 rings (SSSR count). The number of hydrogen-bond acceptors (Lipinski definition) is 3. The number of rotatable bonds is 4. The van der Waals surface area contributed by atoms with E-state index in [1.54, 1.807) is 12.1 Å². The van der Waals surface area contributed by atoms with Gasteiger partial charge in [-0.25, -0.2) is 4.79 Å². The fourth-order valence-electron chi connectivity index (χ4n) is 4.97. The molecular weight excluding hydrogens is 432 g/mol. The van der Waals surface area contributed by atoms with E-state index in [2.05, 4.69) is 89.7 Å².